The largest absolute Gasteiger partial charge is 0.445 e. The third kappa shape index (κ3) is 2.38. The fourth-order valence-electron chi connectivity index (χ4n) is 3.06. The molecule has 0 unspecified atom stereocenters. The van der Waals surface area contributed by atoms with Crippen molar-refractivity contribution < 1.29 is 4.42 Å². The molecule has 0 aromatic carbocycles. The Morgan fingerprint density at radius 2 is 1.78 bits per heavy atom. The molecule has 3 aromatic rings. The predicted molar refractivity (Wildman–Crippen MR) is 87.3 cm³/mol. The van der Waals surface area contributed by atoms with Crippen molar-refractivity contribution in [3.8, 4) is 0 Å². The lowest BCUT2D eigenvalue weighted by Crippen LogP contribution is -2.28. The molecule has 122 valence electrons. The predicted octanol–water partition coefficient (Wildman–Crippen LogP) is 3.09. The van der Waals surface area contributed by atoms with E-state index in [0.29, 0.717) is 5.89 Å². The van der Waals surface area contributed by atoms with Crippen LogP contribution >= 0.6 is 0 Å². The second kappa shape index (κ2) is 5.08. The lowest BCUT2D eigenvalue weighted by atomic mass is 9.87. The fourth-order valence-corrected chi connectivity index (χ4v) is 3.06. The molecule has 0 atom stereocenters. The van der Waals surface area contributed by atoms with E-state index < -0.39 is 0 Å². The zero-order chi connectivity index (χ0) is 16.8. The molecule has 0 aliphatic rings. The van der Waals surface area contributed by atoms with E-state index in [2.05, 4.69) is 52.2 Å². The number of aromatic nitrogens is 5. The average Bonchev–Trinajstić information content (AvgIpc) is 3.17. The van der Waals surface area contributed by atoms with E-state index in [4.69, 9.17) is 4.42 Å². The quantitative estimate of drug-likeness (QED) is 0.803. The van der Waals surface area contributed by atoms with Gasteiger partial charge in [-0.05, 0) is 27.7 Å². The number of nitrogens with zero attached hydrogens (tertiary/aromatic N) is 4. The van der Waals surface area contributed by atoms with Crippen LogP contribution in [0.4, 0.5) is 0 Å². The smallest absolute Gasteiger partial charge is 0.191 e. The van der Waals surface area contributed by atoms with Crippen molar-refractivity contribution in [3.05, 3.63) is 53.8 Å². The van der Waals surface area contributed by atoms with Gasteiger partial charge in [-0.2, -0.15) is 0 Å². The van der Waals surface area contributed by atoms with Crippen molar-refractivity contribution >= 4 is 0 Å². The number of rotatable bonds is 4. The Bertz CT molecular complexity index is 808. The van der Waals surface area contributed by atoms with Gasteiger partial charge in [0.05, 0.1) is 22.7 Å². The summed E-state index contributed by atoms with van der Waals surface area (Å²) in [5.41, 5.74) is 0.455. The summed E-state index contributed by atoms with van der Waals surface area (Å²) < 4.78 is 7.87. The minimum atomic E-state index is -0.368. The maximum atomic E-state index is 5.74. The van der Waals surface area contributed by atoms with Crippen LogP contribution in [0.3, 0.4) is 0 Å². The van der Waals surface area contributed by atoms with E-state index in [1.165, 1.54) is 0 Å². The molecule has 0 amide bonds. The van der Waals surface area contributed by atoms with E-state index in [1.807, 2.05) is 26.4 Å². The third-order valence-electron chi connectivity index (χ3n) is 4.52. The Labute approximate surface area is 136 Å². The van der Waals surface area contributed by atoms with Crippen LogP contribution in [0, 0.1) is 6.92 Å². The molecule has 0 saturated carbocycles. The first kappa shape index (κ1) is 15.5. The maximum absolute atomic E-state index is 5.74. The minimum Gasteiger partial charge on any atom is -0.445 e. The van der Waals surface area contributed by atoms with Crippen molar-refractivity contribution in [3.63, 3.8) is 0 Å². The molecule has 3 rings (SSSR count). The first-order chi connectivity index (χ1) is 10.7. The molecule has 0 aliphatic heterocycles. The van der Waals surface area contributed by atoms with E-state index >= 15 is 0 Å². The Balaban J connectivity index is 2.06. The van der Waals surface area contributed by atoms with Crippen LogP contribution in [-0.2, 0) is 17.9 Å². The number of imidazole rings is 2. The van der Waals surface area contributed by atoms with Gasteiger partial charge in [-0.25, -0.2) is 15.0 Å². The molecule has 0 spiro atoms. The highest BCUT2D eigenvalue weighted by Crippen LogP contribution is 2.35. The molecule has 0 radical (unpaired) electrons. The first-order valence-corrected chi connectivity index (χ1v) is 7.70. The van der Waals surface area contributed by atoms with E-state index in [1.54, 1.807) is 12.4 Å². The molecule has 1 N–H and O–H groups in total. The van der Waals surface area contributed by atoms with Crippen molar-refractivity contribution in [2.75, 3.05) is 0 Å². The molecule has 0 saturated heterocycles. The SMILES string of the molecule is Cc1ncc(C(C)(C)c2ncc(C(C)(C)c3ncc[nH]3)n2C)o1. The molecule has 6 nitrogen and oxygen atoms in total. The van der Waals surface area contributed by atoms with Gasteiger partial charge in [0, 0.05) is 32.6 Å². The summed E-state index contributed by atoms with van der Waals surface area (Å²) in [5.74, 6) is 3.33. The number of H-pyrrole nitrogens is 1. The third-order valence-corrected chi connectivity index (χ3v) is 4.52. The molecule has 3 heterocycles. The summed E-state index contributed by atoms with van der Waals surface area (Å²) >= 11 is 0. The van der Waals surface area contributed by atoms with Crippen molar-refractivity contribution in [2.45, 2.75) is 45.4 Å². The Kier molecular flexibility index (Phi) is 3.43. The van der Waals surface area contributed by atoms with Crippen LogP contribution in [-0.4, -0.2) is 24.5 Å². The fraction of sp³-hybridized carbons (Fsp3) is 0.471. The van der Waals surface area contributed by atoms with Gasteiger partial charge in [0.25, 0.3) is 0 Å². The minimum absolute atomic E-state index is 0.267. The summed E-state index contributed by atoms with van der Waals surface area (Å²) in [6.45, 7) is 10.3. The van der Waals surface area contributed by atoms with Gasteiger partial charge in [-0.1, -0.05) is 0 Å². The monoisotopic (exact) mass is 313 g/mol. The van der Waals surface area contributed by atoms with Crippen LogP contribution in [0.1, 0.15) is 56.7 Å². The van der Waals surface area contributed by atoms with Crippen LogP contribution in [0.5, 0.6) is 0 Å². The zero-order valence-electron chi connectivity index (χ0n) is 14.5. The molecular weight excluding hydrogens is 290 g/mol. The second-order valence-electron chi connectivity index (χ2n) is 6.96. The lowest BCUT2D eigenvalue weighted by Gasteiger charge is -2.26. The summed E-state index contributed by atoms with van der Waals surface area (Å²) in [5, 5.41) is 0. The topological polar surface area (TPSA) is 72.5 Å². The van der Waals surface area contributed by atoms with Crippen molar-refractivity contribution in [1.82, 2.24) is 24.5 Å². The molecule has 0 aliphatic carbocycles. The Morgan fingerprint density at radius 1 is 1.04 bits per heavy atom. The van der Waals surface area contributed by atoms with Crippen LogP contribution in [0.2, 0.25) is 0 Å². The number of oxazole rings is 1. The molecule has 6 heteroatoms. The summed E-state index contributed by atoms with van der Waals surface area (Å²) in [7, 11) is 2.04. The van der Waals surface area contributed by atoms with Crippen LogP contribution in [0.15, 0.2) is 29.2 Å². The normalized spacial score (nSPS) is 12.8. The van der Waals surface area contributed by atoms with E-state index in [-0.39, 0.29) is 10.8 Å². The van der Waals surface area contributed by atoms with Gasteiger partial charge in [0.15, 0.2) is 5.89 Å². The Hall–Kier alpha value is -2.37. The van der Waals surface area contributed by atoms with E-state index in [0.717, 1.165) is 23.1 Å². The van der Waals surface area contributed by atoms with E-state index in [9.17, 15) is 0 Å². The maximum Gasteiger partial charge on any atom is 0.191 e. The van der Waals surface area contributed by atoms with Gasteiger partial charge in [-0.3, -0.25) is 0 Å². The van der Waals surface area contributed by atoms with Crippen LogP contribution < -0.4 is 0 Å². The highest BCUT2D eigenvalue weighted by atomic mass is 16.4. The number of hydrogen-bond acceptors (Lipinski definition) is 4. The van der Waals surface area contributed by atoms with Gasteiger partial charge in [0.1, 0.15) is 17.4 Å². The highest BCUT2D eigenvalue weighted by molar-refractivity contribution is 5.30. The van der Waals surface area contributed by atoms with Crippen molar-refractivity contribution in [1.29, 1.82) is 0 Å². The average molecular weight is 313 g/mol. The number of nitrogens with one attached hydrogen (secondary N) is 1. The highest BCUT2D eigenvalue weighted by Gasteiger charge is 2.36. The van der Waals surface area contributed by atoms with Gasteiger partial charge in [-0.15, -0.1) is 0 Å². The van der Waals surface area contributed by atoms with Gasteiger partial charge in [0.2, 0.25) is 0 Å². The second-order valence-corrected chi connectivity index (χ2v) is 6.96. The Morgan fingerprint density at radius 3 is 2.35 bits per heavy atom. The summed E-state index contributed by atoms with van der Waals surface area (Å²) in [6.07, 6.45) is 7.31. The molecule has 0 fully saturated rings. The standard InChI is InChI=1S/C17H23N5O/c1-11-20-10-13(23-11)17(4,5)15-21-9-12(22(15)6)16(2,3)14-18-7-8-19-14/h7-10H,1-6H3,(H,18,19). The first-order valence-electron chi connectivity index (χ1n) is 7.70. The van der Waals surface area contributed by atoms with Gasteiger partial charge >= 0.3 is 0 Å². The molecular formula is C17H23N5O. The summed E-state index contributed by atoms with van der Waals surface area (Å²) in [4.78, 5) is 16.5. The van der Waals surface area contributed by atoms with Crippen molar-refractivity contribution in [2.24, 2.45) is 7.05 Å². The molecule has 0 bridgehead atoms. The number of hydrogen-bond donors (Lipinski definition) is 1. The van der Waals surface area contributed by atoms with Crippen LogP contribution in [0.25, 0.3) is 0 Å². The molecule has 23 heavy (non-hydrogen) atoms. The lowest BCUT2D eigenvalue weighted by molar-refractivity contribution is 0.390. The summed E-state index contributed by atoms with van der Waals surface area (Å²) in [6, 6.07) is 0. The van der Waals surface area contributed by atoms with Gasteiger partial charge < -0.3 is 14.0 Å². The molecule has 3 aromatic heterocycles. The zero-order valence-corrected chi connectivity index (χ0v) is 14.5. The number of aryl methyl sites for hydroxylation is 1. The number of aromatic amines is 1.